The summed E-state index contributed by atoms with van der Waals surface area (Å²) in [5.74, 6) is 0.437. The minimum absolute atomic E-state index is 0.0148. The van der Waals surface area contributed by atoms with Gasteiger partial charge in [0.1, 0.15) is 0 Å². The molecule has 0 radical (unpaired) electrons. The fourth-order valence-corrected chi connectivity index (χ4v) is 3.81. The van der Waals surface area contributed by atoms with Gasteiger partial charge in [0.05, 0.1) is 0 Å². The van der Waals surface area contributed by atoms with Crippen molar-refractivity contribution in [3.05, 3.63) is 70.5 Å². The Morgan fingerprint density at radius 2 is 1.79 bits per heavy atom. The monoisotopic (exact) mass is 453 g/mol. The van der Waals surface area contributed by atoms with Gasteiger partial charge in [-0.2, -0.15) is 0 Å². The van der Waals surface area contributed by atoms with Crippen LogP contribution in [0.2, 0.25) is 0 Å². The molecule has 0 saturated carbocycles. The summed E-state index contributed by atoms with van der Waals surface area (Å²) >= 11 is 0. The molecule has 3 aromatic rings. The quantitative estimate of drug-likeness (QED) is 0.444. The number of rotatable bonds is 3. The summed E-state index contributed by atoms with van der Waals surface area (Å²) in [6.07, 6.45) is 3.74. The molecule has 1 fully saturated rings. The fourth-order valence-electron chi connectivity index (χ4n) is 3.81. The average Bonchev–Trinajstić information content (AvgIpc) is 2.85. The number of hydrogen-bond donors (Lipinski definition) is 4. The number of hydrogen-bond acceptors (Lipinski definition) is 5. The van der Waals surface area contributed by atoms with Crippen LogP contribution in [0, 0.1) is 5.92 Å². The number of fused-ring (bicyclic) bond motifs is 1. The Balaban J connectivity index is 0.000000582. The summed E-state index contributed by atoms with van der Waals surface area (Å²) in [6, 6.07) is 14.9. The smallest absolute Gasteiger partial charge is 0.290 e. The maximum atomic E-state index is 12.9. The molecule has 1 saturated heterocycles. The molecule has 1 aliphatic rings. The van der Waals surface area contributed by atoms with Gasteiger partial charge in [0, 0.05) is 41.8 Å². The molecule has 1 aromatic heterocycles. The lowest BCUT2D eigenvalue weighted by atomic mass is 9.96. The summed E-state index contributed by atoms with van der Waals surface area (Å²) in [6.45, 7) is 1.63. The van der Waals surface area contributed by atoms with Crippen LogP contribution in [0.4, 0.5) is 0 Å². The van der Waals surface area contributed by atoms with Gasteiger partial charge in [-0.15, -0.1) is 0 Å². The number of carboxylic acid groups (broad SMARTS) is 2. The molecule has 2 aromatic carbocycles. The third-order valence-electron chi connectivity index (χ3n) is 5.34. The molecule has 5 N–H and O–H groups in total. The second-order valence-electron chi connectivity index (χ2n) is 7.39. The van der Waals surface area contributed by atoms with Crippen LogP contribution in [0.15, 0.2) is 59.5 Å². The van der Waals surface area contributed by atoms with Crippen LogP contribution in [0.1, 0.15) is 23.2 Å². The van der Waals surface area contributed by atoms with Crippen molar-refractivity contribution in [2.75, 3.05) is 19.6 Å². The Kier molecular flexibility index (Phi) is 9.79. The van der Waals surface area contributed by atoms with Crippen molar-refractivity contribution >= 4 is 29.8 Å². The van der Waals surface area contributed by atoms with Crippen molar-refractivity contribution in [1.82, 2.24) is 9.88 Å². The predicted molar refractivity (Wildman–Crippen MR) is 125 cm³/mol. The number of nitrogens with one attached hydrogen (secondary N) is 1. The zero-order chi connectivity index (χ0) is 24.2. The standard InChI is InChI=1S/C22H23N3O2.2CH2O2/c23-13-15-3-2-10-25(14-15)22(27)18-5-1-4-16(11-18)17-6-7-20-19(12-17)21(26)8-9-24-20;2*2-1-3/h1,4-9,11-12,15H,2-3,10,13-14,23H2,(H,24,26);2*1H,(H,2,3). The highest BCUT2D eigenvalue weighted by Crippen LogP contribution is 2.25. The van der Waals surface area contributed by atoms with Crippen LogP contribution in [0.3, 0.4) is 0 Å². The summed E-state index contributed by atoms with van der Waals surface area (Å²) in [5.41, 5.74) is 9.11. The highest BCUT2D eigenvalue weighted by Gasteiger charge is 2.23. The fraction of sp³-hybridized carbons (Fsp3) is 0.250. The molecule has 9 heteroatoms. The van der Waals surface area contributed by atoms with E-state index in [9.17, 15) is 9.59 Å². The van der Waals surface area contributed by atoms with Crippen LogP contribution in [-0.2, 0) is 9.59 Å². The number of carbonyl (C=O) groups is 3. The molecule has 174 valence electrons. The third-order valence-corrected chi connectivity index (χ3v) is 5.34. The van der Waals surface area contributed by atoms with E-state index in [2.05, 4.69) is 4.98 Å². The number of nitrogens with zero attached hydrogens (tertiary/aromatic N) is 1. The molecule has 1 unspecified atom stereocenters. The minimum Gasteiger partial charge on any atom is -0.483 e. The minimum atomic E-state index is -0.250. The molecule has 9 nitrogen and oxygen atoms in total. The molecule has 1 aliphatic heterocycles. The molecule has 2 heterocycles. The van der Waals surface area contributed by atoms with Crippen molar-refractivity contribution < 1.29 is 24.6 Å². The number of carbonyl (C=O) groups excluding carboxylic acids is 1. The van der Waals surface area contributed by atoms with E-state index in [1.54, 1.807) is 6.20 Å². The Labute approximate surface area is 190 Å². The van der Waals surface area contributed by atoms with Crippen molar-refractivity contribution in [2.24, 2.45) is 11.7 Å². The Hall–Kier alpha value is -3.98. The number of nitrogens with two attached hydrogens (primary N) is 1. The van der Waals surface area contributed by atoms with E-state index in [0.29, 0.717) is 23.4 Å². The molecule has 33 heavy (non-hydrogen) atoms. The number of benzene rings is 2. The number of aromatic nitrogens is 1. The maximum Gasteiger partial charge on any atom is 0.290 e. The molecule has 4 rings (SSSR count). The molecule has 1 amide bonds. The Bertz CT molecular complexity index is 1140. The van der Waals surface area contributed by atoms with Crippen molar-refractivity contribution in [2.45, 2.75) is 12.8 Å². The zero-order valence-electron chi connectivity index (χ0n) is 18.0. The molecular weight excluding hydrogens is 426 g/mol. The van der Waals surface area contributed by atoms with E-state index in [1.807, 2.05) is 47.4 Å². The van der Waals surface area contributed by atoms with Gasteiger partial charge in [-0.25, -0.2) is 0 Å². The van der Waals surface area contributed by atoms with Crippen LogP contribution in [0.25, 0.3) is 22.0 Å². The van der Waals surface area contributed by atoms with E-state index in [-0.39, 0.29) is 24.3 Å². The first-order valence-corrected chi connectivity index (χ1v) is 10.4. The predicted octanol–water partition coefficient (Wildman–Crippen LogP) is 2.41. The van der Waals surface area contributed by atoms with Gasteiger partial charge in [0.15, 0.2) is 5.43 Å². The number of amides is 1. The van der Waals surface area contributed by atoms with E-state index >= 15 is 0 Å². The highest BCUT2D eigenvalue weighted by molar-refractivity contribution is 5.96. The van der Waals surface area contributed by atoms with Crippen LogP contribution < -0.4 is 11.2 Å². The number of aromatic amines is 1. The largest absolute Gasteiger partial charge is 0.483 e. The zero-order valence-corrected chi connectivity index (χ0v) is 18.0. The molecule has 0 spiro atoms. The summed E-state index contributed by atoms with van der Waals surface area (Å²) < 4.78 is 0. The number of likely N-dealkylation sites (tertiary alicyclic amines) is 1. The lowest BCUT2D eigenvalue weighted by Gasteiger charge is -2.32. The van der Waals surface area contributed by atoms with Crippen molar-refractivity contribution in [3.63, 3.8) is 0 Å². The van der Waals surface area contributed by atoms with Crippen molar-refractivity contribution in [3.8, 4) is 11.1 Å². The van der Waals surface area contributed by atoms with E-state index in [1.165, 1.54) is 6.07 Å². The first-order chi connectivity index (χ1) is 16.0. The van der Waals surface area contributed by atoms with Crippen molar-refractivity contribution in [1.29, 1.82) is 0 Å². The van der Waals surface area contributed by atoms with Gasteiger partial charge < -0.3 is 25.8 Å². The summed E-state index contributed by atoms with van der Waals surface area (Å²) in [5, 5.41) is 14.4. The average molecular weight is 453 g/mol. The van der Waals surface area contributed by atoms with Gasteiger partial charge >= 0.3 is 0 Å². The summed E-state index contributed by atoms with van der Waals surface area (Å²) in [7, 11) is 0. The first kappa shape index (κ1) is 25.3. The third kappa shape index (κ3) is 6.75. The van der Waals surface area contributed by atoms with Crippen LogP contribution in [-0.4, -0.2) is 58.6 Å². The van der Waals surface area contributed by atoms with Gasteiger partial charge in [-0.05, 0) is 60.7 Å². The second-order valence-corrected chi connectivity index (χ2v) is 7.39. The maximum absolute atomic E-state index is 12.9. The van der Waals surface area contributed by atoms with E-state index in [4.69, 9.17) is 25.5 Å². The molecule has 1 atom stereocenters. The second kappa shape index (κ2) is 12.8. The van der Waals surface area contributed by atoms with Gasteiger partial charge in [0.25, 0.3) is 18.9 Å². The van der Waals surface area contributed by atoms with Gasteiger partial charge in [-0.3, -0.25) is 19.2 Å². The topological polar surface area (TPSA) is 154 Å². The lowest BCUT2D eigenvalue weighted by Crippen LogP contribution is -2.42. The molecule has 0 aliphatic carbocycles. The lowest BCUT2D eigenvalue weighted by molar-refractivity contribution is -0.123. The van der Waals surface area contributed by atoms with Crippen LogP contribution >= 0.6 is 0 Å². The van der Waals surface area contributed by atoms with Crippen LogP contribution in [0.5, 0.6) is 0 Å². The normalized spacial score (nSPS) is 14.8. The van der Waals surface area contributed by atoms with E-state index in [0.717, 1.165) is 42.6 Å². The highest BCUT2D eigenvalue weighted by atomic mass is 16.3. The summed E-state index contributed by atoms with van der Waals surface area (Å²) in [4.78, 5) is 46.8. The number of H-pyrrole nitrogens is 1. The SMILES string of the molecule is NCC1CCCN(C(=O)c2cccc(-c3ccc4[nH]ccc(=O)c4c3)c2)C1.O=CO.O=CO. The number of piperidine rings is 1. The Morgan fingerprint density at radius 1 is 1.09 bits per heavy atom. The Morgan fingerprint density at radius 3 is 2.48 bits per heavy atom. The number of pyridine rings is 1. The van der Waals surface area contributed by atoms with E-state index < -0.39 is 0 Å². The first-order valence-electron chi connectivity index (χ1n) is 10.4. The van der Waals surface area contributed by atoms with Gasteiger partial charge in [0.2, 0.25) is 0 Å². The molecule has 0 bridgehead atoms. The van der Waals surface area contributed by atoms with Gasteiger partial charge in [-0.1, -0.05) is 18.2 Å². The molecular formula is C24H27N3O6.